The average Bonchev–Trinajstić information content (AvgIpc) is 2.45. The van der Waals surface area contributed by atoms with Crippen LogP contribution in [0.25, 0.3) is 0 Å². The SMILES string of the molecule is CCNC(CCN1CCN(C)C(CC)C1)C(=O)OCC. The van der Waals surface area contributed by atoms with Gasteiger partial charge in [0.15, 0.2) is 0 Å². The van der Waals surface area contributed by atoms with Crippen molar-refractivity contribution < 1.29 is 9.53 Å². The summed E-state index contributed by atoms with van der Waals surface area (Å²) in [4.78, 5) is 16.8. The fourth-order valence-electron chi connectivity index (χ4n) is 2.76. The lowest BCUT2D eigenvalue weighted by Gasteiger charge is -2.39. The first kappa shape index (κ1) is 17.4. The number of hydrogen-bond acceptors (Lipinski definition) is 5. The zero-order chi connectivity index (χ0) is 15.0. The molecule has 0 saturated carbocycles. The molecule has 0 radical (unpaired) electrons. The summed E-state index contributed by atoms with van der Waals surface area (Å²) in [5.74, 6) is -0.115. The summed E-state index contributed by atoms with van der Waals surface area (Å²) in [6.45, 7) is 11.6. The molecule has 20 heavy (non-hydrogen) atoms. The molecule has 0 amide bonds. The first-order chi connectivity index (χ1) is 9.62. The van der Waals surface area contributed by atoms with Crippen molar-refractivity contribution in [2.75, 3.05) is 46.4 Å². The number of piperazine rings is 1. The molecule has 1 N–H and O–H groups in total. The van der Waals surface area contributed by atoms with Crippen molar-refractivity contribution in [3.8, 4) is 0 Å². The smallest absolute Gasteiger partial charge is 0.323 e. The summed E-state index contributed by atoms with van der Waals surface area (Å²) < 4.78 is 5.13. The van der Waals surface area contributed by atoms with Crippen LogP contribution in [0.15, 0.2) is 0 Å². The minimum atomic E-state index is -0.167. The van der Waals surface area contributed by atoms with Gasteiger partial charge in [-0.2, -0.15) is 0 Å². The van der Waals surface area contributed by atoms with Crippen molar-refractivity contribution in [1.29, 1.82) is 0 Å². The molecule has 0 aromatic heterocycles. The van der Waals surface area contributed by atoms with E-state index < -0.39 is 0 Å². The van der Waals surface area contributed by atoms with Crippen LogP contribution in [0, 0.1) is 0 Å². The van der Waals surface area contributed by atoms with E-state index >= 15 is 0 Å². The molecular weight excluding hydrogens is 254 g/mol. The van der Waals surface area contributed by atoms with Gasteiger partial charge in [-0.15, -0.1) is 0 Å². The second-order valence-electron chi connectivity index (χ2n) is 5.49. The summed E-state index contributed by atoms with van der Waals surface area (Å²) in [6, 6.07) is 0.476. The van der Waals surface area contributed by atoms with Crippen LogP contribution in [-0.4, -0.2) is 74.2 Å². The monoisotopic (exact) mass is 285 g/mol. The zero-order valence-corrected chi connectivity index (χ0v) is 13.5. The van der Waals surface area contributed by atoms with Crippen molar-refractivity contribution >= 4 is 5.97 Å². The van der Waals surface area contributed by atoms with Gasteiger partial charge in [0.2, 0.25) is 0 Å². The number of rotatable bonds is 8. The highest BCUT2D eigenvalue weighted by Gasteiger charge is 2.25. The second-order valence-corrected chi connectivity index (χ2v) is 5.49. The van der Waals surface area contributed by atoms with E-state index in [1.807, 2.05) is 13.8 Å². The standard InChI is InChI=1S/C15H31N3O2/c1-5-13-12-18(11-10-17(13)4)9-8-14(16-6-2)15(19)20-7-3/h13-14,16H,5-12H2,1-4H3. The van der Waals surface area contributed by atoms with E-state index in [9.17, 15) is 4.79 Å². The number of nitrogens with one attached hydrogen (secondary N) is 1. The van der Waals surface area contributed by atoms with Crippen molar-refractivity contribution in [3.63, 3.8) is 0 Å². The molecule has 1 aliphatic heterocycles. The Hall–Kier alpha value is -0.650. The molecule has 5 nitrogen and oxygen atoms in total. The minimum Gasteiger partial charge on any atom is -0.465 e. The molecule has 2 unspecified atom stereocenters. The van der Waals surface area contributed by atoms with Gasteiger partial charge in [-0.05, 0) is 33.4 Å². The summed E-state index contributed by atoms with van der Waals surface area (Å²) in [5, 5.41) is 3.23. The number of hydrogen-bond donors (Lipinski definition) is 1. The number of ether oxygens (including phenoxy) is 1. The molecule has 0 aromatic carbocycles. The Kier molecular flexibility index (Phi) is 8.11. The fourth-order valence-corrected chi connectivity index (χ4v) is 2.76. The number of nitrogens with zero attached hydrogens (tertiary/aromatic N) is 2. The Bertz CT molecular complexity index is 286. The summed E-state index contributed by atoms with van der Waals surface area (Å²) >= 11 is 0. The van der Waals surface area contributed by atoms with Crippen LogP contribution < -0.4 is 5.32 Å². The maximum absolute atomic E-state index is 11.9. The lowest BCUT2D eigenvalue weighted by atomic mass is 10.1. The predicted molar refractivity (Wildman–Crippen MR) is 81.9 cm³/mol. The average molecular weight is 285 g/mol. The van der Waals surface area contributed by atoms with Crippen molar-refractivity contribution in [2.24, 2.45) is 0 Å². The van der Waals surface area contributed by atoms with Gasteiger partial charge in [0.25, 0.3) is 0 Å². The third-order valence-electron chi connectivity index (χ3n) is 4.09. The predicted octanol–water partition coefficient (Wildman–Crippen LogP) is 0.944. The third kappa shape index (κ3) is 5.38. The summed E-state index contributed by atoms with van der Waals surface area (Å²) in [5.41, 5.74) is 0. The molecule has 1 fully saturated rings. The number of carbonyl (C=O) groups excluding carboxylic acids is 1. The molecule has 2 atom stereocenters. The van der Waals surface area contributed by atoms with Gasteiger partial charge in [-0.3, -0.25) is 4.79 Å². The van der Waals surface area contributed by atoms with Gasteiger partial charge in [0, 0.05) is 32.2 Å². The second kappa shape index (κ2) is 9.32. The molecule has 0 aromatic rings. The molecule has 1 aliphatic rings. The molecule has 0 spiro atoms. The molecular formula is C15H31N3O2. The van der Waals surface area contributed by atoms with Gasteiger partial charge < -0.3 is 19.9 Å². The fraction of sp³-hybridized carbons (Fsp3) is 0.933. The van der Waals surface area contributed by atoms with Gasteiger partial charge in [-0.1, -0.05) is 13.8 Å². The maximum atomic E-state index is 11.9. The minimum absolute atomic E-state index is 0.115. The van der Waals surface area contributed by atoms with Crippen LogP contribution in [0.1, 0.15) is 33.6 Å². The Morgan fingerprint density at radius 3 is 2.70 bits per heavy atom. The summed E-state index contributed by atoms with van der Waals surface area (Å²) in [7, 11) is 2.20. The van der Waals surface area contributed by atoms with E-state index in [2.05, 4.69) is 29.1 Å². The largest absolute Gasteiger partial charge is 0.465 e. The lowest BCUT2D eigenvalue weighted by Crippen LogP contribution is -2.52. The van der Waals surface area contributed by atoms with Crippen molar-refractivity contribution in [1.82, 2.24) is 15.1 Å². The van der Waals surface area contributed by atoms with Crippen LogP contribution in [-0.2, 0) is 9.53 Å². The van der Waals surface area contributed by atoms with Crippen LogP contribution in [0.5, 0.6) is 0 Å². The molecule has 0 aliphatic carbocycles. The van der Waals surface area contributed by atoms with E-state index in [4.69, 9.17) is 4.74 Å². The van der Waals surface area contributed by atoms with Crippen molar-refractivity contribution in [2.45, 2.75) is 45.7 Å². The Labute approximate surface area is 123 Å². The maximum Gasteiger partial charge on any atom is 0.323 e. The van der Waals surface area contributed by atoms with Gasteiger partial charge in [-0.25, -0.2) is 0 Å². The Morgan fingerprint density at radius 2 is 2.10 bits per heavy atom. The molecule has 118 valence electrons. The van der Waals surface area contributed by atoms with Crippen LogP contribution >= 0.6 is 0 Å². The van der Waals surface area contributed by atoms with Crippen molar-refractivity contribution in [3.05, 3.63) is 0 Å². The third-order valence-corrected chi connectivity index (χ3v) is 4.09. The van der Waals surface area contributed by atoms with E-state index in [0.29, 0.717) is 12.6 Å². The van der Waals surface area contributed by atoms with E-state index in [0.717, 1.165) is 39.1 Å². The summed E-state index contributed by atoms with van der Waals surface area (Å²) in [6.07, 6.45) is 2.01. The molecule has 5 heteroatoms. The van der Waals surface area contributed by atoms with Gasteiger partial charge >= 0.3 is 5.97 Å². The first-order valence-corrected chi connectivity index (χ1v) is 7.94. The highest BCUT2D eigenvalue weighted by atomic mass is 16.5. The zero-order valence-electron chi connectivity index (χ0n) is 13.5. The van der Waals surface area contributed by atoms with Gasteiger partial charge in [0.05, 0.1) is 6.61 Å². The molecule has 1 rings (SSSR count). The molecule has 0 bridgehead atoms. The highest BCUT2D eigenvalue weighted by Crippen LogP contribution is 2.11. The van der Waals surface area contributed by atoms with Gasteiger partial charge in [0.1, 0.15) is 6.04 Å². The highest BCUT2D eigenvalue weighted by molar-refractivity contribution is 5.75. The van der Waals surface area contributed by atoms with E-state index in [-0.39, 0.29) is 12.0 Å². The normalized spacial score (nSPS) is 22.7. The Morgan fingerprint density at radius 1 is 1.35 bits per heavy atom. The van der Waals surface area contributed by atoms with E-state index in [1.54, 1.807) is 0 Å². The Balaban J connectivity index is 2.40. The van der Waals surface area contributed by atoms with Crippen LogP contribution in [0.2, 0.25) is 0 Å². The van der Waals surface area contributed by atoms with E-state index in [1.165, 1.54) is 6.42 Å². The van der Waals surface area contributed by atoms with Crippen LogP contribution in [0.4, 0.5) is 0 Å². The quantitative estimate of drug-likeness (QED) is 0.673. The van der Waals surface area contributed by atoms with Crippen LogP contribution in [0.3, 0.4) is 0 Å². The first-order valence-electron chi connectivity index (χ1n) is 7.94. The molecule has 1 saturated heterocycles. The molecule has 1 heterocycles. The lowest BCUT2D eigenvalue weighted by molar-refractivity contribution is -0.146. The number of carbonyl (C=O) groups is 1. The number of esters is 1. The topological polar surface area (TPSA) is 44.8 Å². The number of likely N-dealkylation sites (N-methyl/N-ethyl adjacent to an activating group) is 2.